The summed E-state index contributed by atoms with van der Waals surface area (Å²) in [5, 5.41) is 3.56. The van der Waals surface area contributed by atoms with Crippen molar-refractivity contribution in [2.45, 2.75) is 77.7 Å². The molecule has 2 radical (unpaired) electrons. The normalized spacial score (nSPS) is 17.3. The average Bonchev–Trinajstić information content (AvgIpc) is 2.96. The van der Waals surface area contributed by atoms with E-state index in [9.17, 15) is 9.59 Å². The number of hydrogen-bond donors (Lipinski definition) is 1. The van der Waals surface area contributed by atoms with Crippen LogP contribution in [0.3, 0.4) is 0 Å². The van der Waals surface area contributed by atoms with E-state index in [0.717, 1.165) is 11.1 Å². The van der Waals surface area contributed by atoms with Gasteiger partial charge < -0.3 is 19.2 Å². The molecule has 1 N–H and O–H groups in total. The molecule has 0 aliphatic carbocycles. The molecule has 0 fully saturated rings. The highest BCUT2D eigenvalue weighted by Crippen LogP contribution is 2.37. The van der Waals surface area contributed by atoms with E-state index in [-0.39, 0.29) is 27.3 Å². The first-order valence-corrected chi connectivity index (χ1v) is 11.4. The zero-order chi connectivity index (χ0) is 23.2. The summed E-state index contributed by atoms with van der Waals surface area (Å²) in [5.74, 6) is 0.316. The van der Waals surface area contributed by atoms with Gasteiger partial charge in [-0.05, 0) is 51.8 Å². The molecule has 1 aliphatic rings. The molecular weight excluding hydrogens is 412 g/mol. The maximum absolute atomic E-state index is 13.6. The molecule has 7 nitrogen and oxygen atoms in total. The molecule has 0 saturated carbocycles. The smallest absolute Gasteiger partial charge is 0.408 e. The minimum atomic E-state index is -0.891. The predicted molar refractivity (Wildman–Crippen MR) is 121 cm³/mol. The van der Waals surface area contributed by atoms with Crippen molar-refractivity contribution in [2.75, 3.05) is 6.61 Å². The number of amides is 1. The van der Waals surface area contributed by atoms with Gasteiger partial charge in [-0.15, -0.1) is 0 Å². The number of nitrogens with zero attached hydrogens (tertiary/aromatic N) is 1. The highest BCUT2D eigenvalue weighted by Gasteiger charge is 2.37. The van der Waals surface area contributed by atoms with Crippen LogP contribution in [0.2, 0.25) is 5.04 Å². The lowest BCUT2D eigenvalue weighted by Crippen LogP contribution is -2.48. The number of nitrogens with one attached hydrogen (secondary N) is 1. The molecule has 31 heavy (non-hydrogen) atoms. The molecular formula is C23H32N2O5Si. The van der Waals surface area contributed by atoms with Crippen molar-refractivity contribution in [1.82, 2.24) is 9.88 Å². The van der Waals surface area contributed by atoms with Gasteiger partial charge in [0, 0.05) is 5.39 Å². The van der Waals surface area contributed by atoms with Gasteiger partial charge in [-0.25, -0.2) is 4.79 Å². The lowest BCUT2D eigenvalue weighted by atomic mass is 10.1. The summed E-state index contributed by atoms with van der Waals surface area (Å²) >= 11 is 0. The highest BCUT2D eigenvalue weighted by atomic mass is 28.2. The van der Waals surface area contributed by atoms with Crippen LogP contribution in [-0.4, -0.2) is 44.6 Å². The van der Waals surface area contributed by atoms with Crippen LogP contribution in [0.4, 0.5) is 4.79 Å². The van der Waals surface area contributed by atoms with Gasteiger partial charge in [-0.3, -0.25) is 9.36 Å². The van der Waals surface area contributed by atoms with Crippen molar-refractivity contribution in [3.05, 3.63) is 30.0 Å². The first-order valence-electron chi connectivity index (χ1n) is 10.4. The number of hydrogen-bond acceptors (Lipinski definition) is 5. The Kier molecular flexibility index (Phi) is 6.01. The summed E-state index contributed by atoms with van der Waals surface area (Å²) in [6.45, 7) is 15.6. The van der Waals surface area contributed by atoms with Gasteiger partial charge in [-0.2, -0.15) is 0 Å². The first-order chi connectivity index (χ1) is 14.2. The monoisotopic (exact) mass is 444 g/mol. The minimum Gasteiger partial charge on any atom is -0.489 e. The predicted octanol–water partition coefficient (Wildman–Crippen LogP) is 4.66. The summed E-state index contributed by atoms with van der Waals surface area (Å²) in [6, 6.07) is 6.74. The summed E-state index contributed by atoms with van der Waals surface area (Å²) < 4.78 is 19.2. The summed E-state index contributed by atoms with van der Waals surface area (Å²) in [5.41, 5.74) is 0.0143. The van der Waals surface area contributed by atoms with Gasteiger partial charge in [0.05, 0.1) is 16.8 Å². The highest BCUT2D eigenvalue weighted by molar-refractivity contribution is 6.31. The molecule has 168 valence electrons. The second-order valence-electron chi connectivity index (χ2n) is 10.4. The third-order valence-electron chi connectivity index (χ3n) is 4.63. The molecule has 0 spiro atoms. The molecule has 8 heteroatoms. The van der Waals surface area contributed by atoms with Crippen LogP contribution < -0.4 is 10.1 Å². The molecule has 2 heterocycles. The average molecular weight is 445 g/mol. The lowest BCUT2D eigenvalue weighted by Gasteiger charge is -2.30. The number of rotatable bonds is 4. The fourth-order valence-corrected chi connectivity index (χ4v) is 3.97. The number of aromatic nitrogens is 1. The SMILES string of the molecule is CC(C)(C)OC(=O)N[C@H]1COc2cccc3cc(C(C)(C)O[Si]C(C)(C)C)n(c23)C1=O. The number of carbonyl (C=O) groups excluding carboxylic acids is 2. The van der Waals surface area contributed by atoms with Gasteiger partial charge in [0.1, 0.15) is 24.0 Å². The molecule has 0 bridgehead atoms. The second-order valence-corrected chi connectivity index (χ2v) is 12.3. The summed E-state index contributed by atoms with van der Waals surface area (Å²) in [6.07, 6.45) is -0.657. The molecule has 1 aliphatic heterocycles. The van der Waals surface area contributed by atoms with Crippen LogP contribution in [0.15, 0.2) is 24.3 Å². The van der Waals surface area contributed by atoms with Crippen LogP contribution in [0.5, 0.6) is 5.75 Å². The zero-order valence-corrected chi connectivity index (χ0v) is 20.6. The Morgan fingerprint density at radius 2 is 1.84 bits per heavy atom. The van der Waals surface area contributed by atoms with Gasteiger partial charge in [0.2, 0.25) is 9.76 Å². The second kappa shape index (κ2) is 7.98. The van der Waals surface area contributed by atoms with E-state index in [0.29, 0.717) is 11.3 Å². The molecule has 1 amide bonds. The van der Waals surface area contributed by atoms with Crippen LogP contribution in [0, 0.1) is 0 Å². The Labute approximate surface area is 186 Å². The van der Waals surface area contributed by atoms with Gasteiger partial charge in [0.15, 0.2) is 0 Å². The lowest BCUT2D eigenvalue weighted by molar-refractivity contribution is 0.0461. The van der Waals surface area contributed by atoms with E-state index < -0.39 is 23.3 Å². The van der Waals surface area contributed by atoms with Crippen LogP contribution in [0.1, 0.15) is 65.9 Å². The van der Waals surface area contributed by atoms with Crippen molar-refractivity contribution >= 4 is 32.7 Å². The van der Waals surface area contributed by atoms with E-state index in [1.807, 2.05) is 38.1 Å². The Hall–Kier alpha value is -2.32. The number of alkyl carbamates (subject to hydrolysis) is 1. The Bertz CT molecular complexity index is 998. The number of benzene rings is 1. The topological polar surface area (TPSA) is 78.8 Å². The molecule has 0 unspecified atom stereocenters. The van der Waals surface area contributed by atoms with Crippen LogP contribution in [-0.2, 0) is 14.8 Å². The van der Waals surface area contributed by atoms with Gasteiger partial charge in [0.25, 0.3) is 5.91 Å². The molecule has 2 aromatic rings. The fourth-order valence-electron chi connectivity index (χ4n) is 3.30. The van der Waals surface area contributed by atoms with Gasteiger partial charge >= 0.3 is 6.09 Å². The summed E-state index contributed by atoms with van der Waals surface area (Å²) in [7, 11) is 0.247. The maximum Gasteiger partial charge on any atom is 0.408 e. The number of carbonyl (C=O) groups is 2. The number of para-hydroxylation sites is 1. The maximum atomic E-state index is 13.6. The molecule has 0 saturated heterocycles. The quantitative estimate of drug-likeness (QED) is 0.694. The molecule has 1 atom stereocenters. The van der Waals surface area contributed by atoms with Crippen molar-refractivity contribution in [3.63, 3.8) is 0 Å². The molecule has 1 aromatic heterocycles. The van der Waals surface area contributed by atoms with Crippen LogP contribution >= 0.6 is 0 Å². The van der Waals surface area contributed by atoms with E-state index in [1.165, 1.54) is 0 Å². The standard InChI is InChI=1S/C23H32N2O5Si/c1-21(2,3)29-20(27)24-15-13-28-16-11-9-10-14-12-17(25(18(14)16)19(15)26)23(7,8)30-31-22(4,5)6/h9-12,15H,13H2,1-8H3,(H,24,27)/t15-/m0/s1. The zero-order valence-electron chi connectivity index (χ0n) is 19.6. The van der Waals surface area contributed by atoms with Crippen molar-refractivity contribution in [2.24, 2.45) is 0 Å². The number of ether oxygens (including phenoxy) is 2. The van der Waals surface area contributed by atoms with Gasteiger partial charge in [-0.1, -0.05) is 32.9 Å². The Balaban J connectivity index is 2.01. The minimum absolute atomic E-state index is 0.00115. The third-order valence-corrected chi connectivity index (χ3v) is 5.86. The van der Waals surface area contributed by atoms with Crippen molar-refractivity contribution in [1.29, 1.82) is 0 Å². The first kappa shape index (κ1) is 23.3. The Morgan fingerprint density at radius 1 is 1.16 bits per heavy atom. The summed E-state index contributed by atoms with van der Waals surface area (Å²) in [4.78, 5) is 26.0. The third kappa shape index (κ3) is 5.30. The van der Waals surface area contributed by atoms with E-state index in [1.54, 1.807) is 25.3 Å². The fraction of sp³-hybridized carbons (Fsp3) is 0.565. The largest absolute Gasteiger partial charge is 0.489 e. The van der Waals surface area contributed by atoms with Crippen LogP contribution in [0.25, 0.3) is 10.9 Å². The van der Waals surface area contributed by atoms with Crippen molar-refractivity contribution in [3.8, 4) is 5.75 Å². The molecule has 1 aromatic carbocycles. The van der Waals surface area contributed by atoms with E-state index >= 15 is 0 Å². The van der Waals surface area contributed by atoms with E-state index in [4.69, 9.17) is 13.9 Å². The van der Waals surface area contributed by atoms with Crippen molar-refractivity contribution < 1.29 is 23.5 Å². The molecule has 3 rings (SSSR count). The Morgan fingerprint density at radius 3 is 2.45 bits per heavy atom. The van der Waals surface area contributed by atoms with E-state index in [2.05, 4.69) is 26.1 Å².